The quantitative estimate of drug-likeness (QED) is 0.661. The molecule has 3 aromatic rings. The lowest BCUT2D eigenvalue weighted by molar-refractivity contribution is -0.549. The second-order valence-corrected chi connectivity index (χ2v) is 7.28. The maximum Gasteiger partial charge on any atom is 0.326 e. The van der Waals surface area contributed by atoms with Crippen LogP contribution in [-0.2, 0) is 4.74 Å². The highest BCUT2D eigenvalue weighted by atomic mass is 16.5. The highest BCUT2D eigenvalue weighted by Gasteiger charge is 2.25. The van der Waals surface area contributed by atoms with Crippen molar-refractivity contribution in [1.82, 2.24) is 4.98 Å². The lowest BCUT2D eigenvalue weighted by atomic mass is 10.1. The van der Waals surface area contributed by atoms with E-state index in [0.29, 0.717) is 24.8 Å². The van der Waals surface area contributed by atoms with Crippen LogP contribution in [0.15, 0.2) is 63.5 Å². The summed E-state index contributed by atoms with van der Waals surface area (Å²) in [6.45, 7) is 2.79. The molecule has 2 aliphatic heterocycles. The maximum atomic E-state index is 10.4. The Morgan fingerprint density at radius 1 is 1.10 bits per heavy atom. The van der Waals surface area contributed by atoms with Gasteiger partial charge in [-0.15, -0.1) is 0 Å². The second kappa shape index (κ2) is 8.20. The van der Waals surface area contributed by atoms with Crippen LogP contribution in [0.4, 0.5) is 0 Å². The molecular formula is C24H22N3O4+. The molecule has 2 aliphatic rings. The monoisotopic (exact) mass is 416 g/mol. The van der Waals surface area contributed by atoms with Crippen LogP contribution in [0.1, 0.15) is 5.69 Å². The van der Waals surface area contributed by atoms with Crippen LogP contribution in [0, 0.1) is 0 Å². The van der Waals surface area contributed by atoms with Crippen molar-refractivity contribution < 1.29 is 23.6 Å². The molecule has 0 radical (unpaired) electrons. The second-order valence-electron chi connectivity index (χ2n) is 7.28. The Morgan fingerprint density at radius 2 is 1.90 bits per heavy atom. The predicted octanol–water partition coefficient (Wildman–Crippen LogP) is 1.99. The van der Waals surface area contributed by atoms with E-state index in [1.807, 2.05) is 60.7 Å². The first-order valence-electron chi connectivity index (χ1n) is 10.1. The summed E-state index contributed by atoms with van der Waals surface area (Å²) in [6, 6.07) is 15.3. The van der Waals surface area contributed by atoms with E-state index in [-0.39, 0.29) is 5.95 Å². The predicted molar refractivity (Wildman–Crippen MR) is 116 cm³/mol. The molecule has 31 heavy (non-hydrogen) atoms. The summed E-state index contributed by atoms with van der Waals surface area (Å²) < 4.78 is 18.6. The summed E-state index contributed by atoms with van der Waals surface area (Å²) in [7, 11) is 1.64. The van der Waals surface area contributed by atoms with Crippen molar-refractivity contribution in [2.75, 3.05) is 33.4 Å². The van der Waals surface area contributed by atoms with Gasteiger partial charge in [0.1, 0.15) is 24.5 Å². The van der Waals surface area contributed by atoms with Gasteiger partial charge in [0.2, 0.25) is 5.89 Å². The molecule has 1 fully saturated rings. The topological polar surface area (TPSA) is 80.1 Å². The van der Waals surface area contributed by atoms with Gasteiger partial charge in [-0.25, -0.2) is 4.98 Å². The van der Waals surface area contributed by atoms with Crippen molar-refractivity contribution in [3.8, 4) is 23.1 Å². The van der Waals surface area contributed by atoms with Crippen LogP contribution in [0.2, 0.25) is 0 Å². The van der Waals surface area contributed by atoms with Crippen LogP contribution >= 0.6 is 0 Å². The number of aromatic nitrogens is 1. The smallest absolute Gasteiger partial charge is 0.326 e. The third kappa shape index (κ3) is 3.87. The lowest BCUT2D eigenvalue weighted by Crippen LogP contribution is -2.38. The number of fused-ring (bicyclic) bond motifs is 1. The van der Waals surface area contributed by atoms with Crippen molar-refractivity contribution in [1.29, 1.82) is 0 Å². The first-order valence-corrected chi connectivity index (χ1v) is 10.1. The first kappa shape index (κ1) is 19.3. The van der Waals surface area contributed by atoms with Gasteiger partial charge >= 0.3 is 11.8 Å². The zero-order chi connectivity index (χ0) is 21.2. The van der Waals surface area contributed by atoms with Gasteiger partial charge in [0.25, 0.3) is 0 Å². The molecule has 0 atom stereocenters. The molecule has 0 unspecified atom stereocenters. The number of hydrogen-bond donors (Lipinski definition) is 1. The summed E-state index contributed by atoms with van der Waals surface area (Å²) in [5.41, 5.74) is 2.00. The first-order chi connectivity index (χ1) is 15.2. The lowest BCUT2D eigenvalue weighted by Gasteiger charge is -2.16. The fourth-order valence-electron chi connectivity index (χ4n) is 3.69. The number of methoxy groups -OCH3 is 1. The van der Waals surface area contributed by atoms with Gasteiger partial charge in [-0.05, 0) is 47.5 Å². The number of ether oxygens (including phenoxy) is 2. The molecule has 3 heterocycles. The normalized spacial score (nSPS) is 17.1. The van der Waals surface area contributed by atoms with E-state index < -0.39 is 0 Å². The number of nitrogens with zero attached hydrogens (tertiary/aromatic N) is 3. The third-order valence-corrected chi connectivity index (χ3v) is 5.29. The number of aromatic hydroxyl groups is 1. The minimum absolute atomic E-state index is 0.225. The number of rotatable bonds is 3. The molecule has 5 rings (SSSR count). The summed E-state index contributed by atoms with van der Waals surface area (Å²) >= 11 is 0. The number of benzene rings is 2. The molecule has 156 valence electrons. The molecule has 7 nitrogen and oxygen atoms in total. The standard InChI is InChI=1S/C24H21N3O4/c1-29-19-7-8-20-17(14-19)13-18(22(25-20)27-9-11-30-12-10-27)15-21-24(28)31-23(26-21)16-5-3-2-4-6-16/h2-8,13-15H,9-12H2,1H3/p+1. The molecule has 0 saturated carbocycles. The molecule has 7 heteroatoms. The Kier molecular flexibility index (Phi) is 5.09. The van der Waals surface area contributed by atoms with Crippen LogP contribution in [0.5, 0.6) is 11.7 Å². The Morgan fingerprint density at radius 3 is 2.68 bits per heavy atom. The highest BCUT2D eigenvalue weighted by Crippen LogP contribution is 2.28. The van der Waals surface area contributed by atoms with Gasteiger partial charge < -0.3 is 19.0 Å². The molecule has 1 saturated heterocycles. The van der Waals surface area contributed by atoms with E-state index in [2.05, 4.69) is 9.56 Å². The SMILES string of the molecule is COc1ccc2c(c1)=C/C(=C\c1nc(-c3ccccc3)oc1O)C(=[N+]1CCOCC1)N=2. The number of hydrogen-bond acceptors (Lipinski definition) is 5. The Hall–Kier alpha value is -3.71. The molecule has 1 N–H and O–H groups in total. The van der Waals surface area contributed by atoms with E-state index >= 15 is 0 Å². The summed E-state index contributed by atoms with van der Waals surface area (Å²) in [5.74, 6) is 1.73. The minimum Gasteiger partial charge on any atom is -0.497 e. The van der Waals surface area contributed by atoms with Gasteiger partial charge in [-0.1, -0.05) is 18.2 Å². The number of morpholine rings is 1. The zero-order valence-electron chi connectivity index (χ0n) is 17.1. The Bertz CT molecular complexity index is 1300. The Labute approximate surface area is 178 Å². The summed E-state index contributed by atoms with van der Waals surface area (Å²) in [5, 5.41) is 12.2. The van der Waals surface area contributed by atoms with Crippen molar-refractivity contribution in [3.63, 3.8) is 0 Å². The zero-order valence-corrected chi connectivity index (χ0v) is 17.1. The Balaban J connectivity index is 1.65. The third-order valence-electron chi connectivity index (χ3n) is 5.29. The van der Waals surface area contributed by atoms with Gasteiger partial charge in [-0.2, -0.15) is 0 Å². The van der Waals surface area contributed by atoms with Gasteiger partial charge in [-0.3, -0.25) is 4.58 Å². The fourth-order valence-corrected chi connectivity index (χ4v) is 3.69. The maximum absolute atomic E-state index is 10.4. The molecule has 0 amide bonds. The highest BCUT2D eigenvalue weighted by molar-refractivity contribution is 6.08. The average Bonchev–Trinajstić information content (AvgIpc) is 3.19. The van der Waals surface area contributed by atoms with Crippen LogP contribution in [-0.4, -0.2) is 53.9 Å². The van der Waals surface area contributed by atoms with Crippen molar-refractivity contribution in [2.45, 2.75) is 0 Å². The van der Waals surface area contributed by atoms with Crippen molar-refractivity contribution >= 4 is 18.0 Å². The minimum atomic E-state index is -0.225. The summed E-state index contributed by atoms with van der Waals surface area (Å²) in [6.07, 6.45) is 3.84. The molecule has 0 spiro atoms. The van der Waals surface area contributed by atoms with Crippen LogP contribution in [0.25, 0.3) is 23.6 Å². The largest absolute Gasteiger partial charge is 0.497 e. The van der Waals surface area contributed by atoms with E-state index in [4.69, 9.17) is 18.9 Å². The summed E-state index contributed by atoms with van der Waals surface area (Å²) in [4.78, 5) is 9.42. The van der Waals surface area contributed by atoms with Gasteiger partial charge in [0.15, 0.2) is 5.36 Å². The number of oxazole rings is 1. The van der Waals surface area contributed by atoms with E-state index in [1.165, 1.54) is 0 Å². The van der Waals surface area contributed by atoms with E-state index in [0.717, 1.165) is 46.4 Å². The van der Waals surface area contributed by atoms with E-state index in [9.17, 15) is 5.11 Å². The molecule has 0 bridgehead atoms. The van der Waals surface area contributed by atoms with Crippen molar-refractivity contribution in [3.05, 3.63) is 70.4 Å². The molecule has 1 aromatic heterocycles. The van der Waals surface area contributed by atoms with Crippen molar-refractivity contribution in [2.24, 2.45) is 4.99 Å². The molecule has 0 aliphatic carbocycles. The molecule has 2 aromatic carbocycles. The van der Waals surface area contributed by atoms with Gasteiger partial charge in [0.05, 0.1) is 25.9 Å². The van der Waals surface area contributed by atoms with Crippen LogP contribution < -0.4 is 15.3 Å². The van der Waals surface area contributed by atoms with Crippen LogP contribution in [0.3, 0.4) is 0 Å². The molecular weight excluding hydrogens is 394 g/mol. The van der Waals surface area contributed by atoms with Gasteiger partial charge in [0, 0.05) is 10.8 Å². The fraction of sp³-hybridized carbons (Fsp3) is 0.208. The number of amidine groups is 1. The van der Waals surface area contributed by atoms with E-state index in [1.54, 1.807) is 7.11 Å². The average molecular weight is 416 g/mol.